The molecule has 2 rings (SSSR count). The quantitative estimate of drug-likeness (QED) is 0.853. The van der Waals surface area contributed by atoms with Gasteiger partial charge in [-0.25, -0.2) is 0 Å². The van der Waals surface area contributed by atoms with Crippen molar-refractivity contribution in [3.8, 4) is 0 Å². The van der Waals surface area contributed by atoms with Crippen LogP contribution in [0.3, 0.4) is 0 Å². The van der Waals surface area contributed by atoms with Crippen LogP contribution in [-0.2, 0) is 24.7 Å². The van der Waals surface area contributed by atoms with Crippen LogP contribution >= 0.6 is 15.9 Å². The molecular formula is C11H11BrN4O. The van der Waals surface area contributed by atoms with E-state index in [-0.39, 0.29) is 12.2 Å². The van der Waals surface area contributed by atoms with Gasteiger partial charge in [-0.05, 0) is 16.8 Å². The smallest absolute Gasteiger partial charge is 0.182 e. The van der Waals surface area contributed by atoms with Crippen LogP contribution in [0.15, 0.2) is 28.7 Å². The molecule has 0 fully saturated rings. The molecule has 1 aromatic heterocycles. The number of tetrazole rings is 1. The van der Waals surface area contributed by atoms with E-state index in [1.54, 1.807) is 7.05 Å². The molecule has 1 heterocycles. The lowest BCUT2D eigenvalue weighted by Gasteiger charge is -2.01. The predicted octanol–water partition coefficient (Wildman–Crippen LogP) is 1.33. The standard InChI is InChI=1S/C11H11BrN4O/c1-16-14-11(13-15-16)7-9(17)6-8-4-2-3-5-10(8)12/h2-5H,6-7H2,1H3. The molecule has 2 aromatic rings. The third kappa shape index (κ3) is 3.20. The number of aromatic nitrogens is 4. The van der Waals surface area contributed by atoms with Crippen molar-refractivity contribution in [3.05, 3.63) is 40.1 Å². The van der Waals surface area contributed by atoms with E-state index >= 15 is 0 Å². The first-order valence-corrected chi connectivity index (χ1v) is 5.92. The molecule has 0 aliphatic heterocycles. The zero-order valence-corrected chi connectivity index (χ0v) is 10.9. The number of carbonyl (C=O) groups is 1. The van der Waals surface area contributed by atoms with E-state index in [9.17, 15) is 4.79 Å². The van der Waals surface area contributed by atoms with Gasteiger partial charge in [0.2, 0.25) is 0 Å². The maximum absolute atomic E-state index is 11.8. The van der Waals surface area contributed by atoms with E-state index in [4.69, 9.17) is 0 Å². The van der Waals surface area contributed by atoms with Crippen molar-refractivity contribution in [2.75, 3.05) is 0 Å². The molecule has 0 aliphatic rings. The summed E-state index contributed by atoms with van der Waals surface area (Å²) in [6.45, 7) is 0. The van der Waals surface area contributed by atoms with Gasteiger partial charge in [0, 0.05) is 10.9 Å². The number of aryl methyl sites for hydroxylation is 1. The van der Waals surface area contributed by atoms with Crippen molar-refractivity contribution in [1.82, 2.24) is 20.2 Å². The van der Waals surface area contributed by atoms with Crippen LogP contribution in [0.5, 0.6) is 0 Å². The predicted molar refractivity (Wildman–Crippen MR) is 65.4 cm³/mol. The Labute approximate surface area is 107 Å². The van der Waals surface area contributed by atoms with Gasteiger partial charge in [0.15, 0.2) is 5.82 Å². The summed E-state index contributed by atoms with van der Waals surface area (Å²) in [5, 5.41) is 11.5. The van der Waals surface area contributed by atoms with Gasteiger partial charge in [-0.2, -0.15) is 4.80 Å². The number of hydrogen-bond acceptors (Lipinski definition) is 4. The fourth-order valence-electron chi connectivity index (χ4n) is 1.49. The number of Topliss-reactive ketones (excluding diaryl/α,β-unsaturated/α-hetero) is 1. The summed E-state index contributed by atoms with van der Waals surface area (Å²) in [6, 6.07) is 7.67. The van der Waals surface area contributed by atoms with Crippen LogP contribution in [0.25, 0.3) is 0 Å². The number of ketones is 1. The molecular weight excluding hydrogens is 284 g/mol. The fourth-order valence-corrected chi connectivity index (χ4v) is 1.91. The fraction of sp³-hybridized carbons (Fsp3) is 0.273. The Hall–Kier alpha value is -1.56. The topological polar surface area (TPSA) is 60.7 Å². The Morgan fingerprint density at radius 1 is 1.35 bits per heavy atom. The largest absolute Gasteiger partial charge is 0.299 e. The third-order valence-electron chi connectivity index (χ3n) is 2.25. The number of hydrogen-bond donors (Lipinski definition) is 0. The van der Waals surface area contributed by atoms with Crippen molar-refractivity contribution in [3.63, 3.8) is 0 Å². The average Bonchev–Trinajstić information content (AvgIpc) is 2.67. The van der Waals surface area contributed by atoms with Gasteiger partial charge in [-0.15, -0.1) is 10.2 Å². The van der Waals surface area contributed by atoms with Crippen LogP contribution < -0.4 is 0 Å². The Morgan fingerprint density at radius 3 is 2.76 bits per heavy atom. The molecule has 0 atom stereocenters. The van der Waals surface area contributed by atoms with Gasteiger partial charge in [-0.1, -0.05) is 34.1 Å². The number of rotatable bonds is 4. The van der Waals surface area contributed by atoms with E-state index in [1.165, 1.54) is 4.80 Å². The zero-order valence-electron chi connectivity index (χ0n) is 9.30. The maximum atomic E-state index is 11.8. The number of benzene rings is 1. The Kier molecular flexibility index (Phi) is 3.63. The highest BCUT2D eigenvalue weighted by atomic mass is 79.9. The van der Waals surface area contributed by atoms with Gasteiger partial charge in [0.1, 0.15) is 5.78 Å². The average molecular weight is 295 g/mol. The van der Waals surface area contributed by atoms with Crippen LogP contribution in [0.1, 0.15) is 11.4 Å². The normalized spacial score (nSPS) is 10.5. The van der Waals surface area contributed by atoms with E-state index in [2.05, 4.69) is 31.3 Å². The maximum Gasteiger partial charge on any atom is 0.182 e. The summed E-state index contributed by atoms with van der Waals surface area (Å²) in [6.07, 6.45) is 0.592. The lowest BCUT2D eigenvalue weighted by atomic mass is 10.1. The van der Waals surface area contributed by atoms with Crippen LogP contribution in [0, 0.1) is 0 Å². The lowest BCUT2D eigenvalue weighted by molar-refractivity contribution is -0.117. The molecule has 0 spiro atoms. The molecule has 0 radical (unpaired) electrons. The molecule has 0 saturated carbocycles. The number of halogens is 1. The highest BCUT2D eigenvalue weighted by Gasteiger charge is 2.10. The van der Waals surface area contributed by atoms with E-state index < -0.39 is 0 Å². The van der Waals surface area contributed by atoms with Crippen molar-refractivity contribution in [2.24, 2.45) is 7.05 Å². The van der Waals surface area contributed by atoms with E-state index in [1.807, 2.05) is 24.3 Å². The molecule has 0 saturated heterocycles. The van der Waals surface area contributed by atoms with Crippen molar-refractivity contribution >= 4 is 21.7 Å². The van der Waals surface area contributed by atoms with Crippen LogP contribution in [0.4, 0.5) is 0 Å². The summed E-state index contributed by atoms with van der Waals surface area (Å²) < 4.78 is 0.945. The molecule has 0 bridgehead atoms. The highest BCUT2D eigenvalue weighted by Crippen LogP contribution is 2.16. The zero-order chi connectivity index (χ0) is 12.3. The highest BCUT2D eigenvalue weighted by molar-refractivity contribution is 9.10. The number of nitrogens with zero attached hydrogens (tertiary/aromatic N) is 4. The van der Waals surface area contributed by atoms with Gasteiger partial charge in [-0.3, -0.25) is 4.79 Å². The van der Waals surface area contributed by atoms with Crippen molar-refractivity contribution < 1.29 is 4.79 Å². The molecule has 0 aliphatic carbocycles. The second kappa shape index (κ2) is 5.18. The molecule has 0 unspecified atom stereocenters. The minimum Gasteiger partial charge on any atom is -0.299 e. The number of carbonyl (C=O) groups excluding carboxylic acids is 1. The summed E-state index contributed by atoms with van der Waals surface area (Å²) in [5.74, 6) is 0.537. The molecule has 0 N–H and O–H groups in total. The van der Waals surface area contributed by atoms with Crippen LogP contribution in [0.2, 0.25) is 0 Å². The second-order valence-electron chi connectivity index (χ2n) is 3.68. The minimum absolute atomic E-state index is 0.0740. The molecule has 17 heavy (non-hydrogen) atoms. The molecule has 6 heteroatoms. The van der Waals surface area contributed by atoms with E-state index in [0.717, 1.165) is 10.0 Å². The Morgan fingerprint density at radius 2 is 2.12 bits per heavy atom. The van der Waals surface area contributed by atoms with Crippen LogP contribution in [-0.4, -0.2) is 26.0 Å². The van der Waals surface area contributed by atoms with E-state index in [0.29, 0.717) is 12.2 Å². The van der Waals surface area contributed by atoms with Crippen molar-refractivity contribution in [2.45, 2.75) is 12.8 Å². The lowest BCUT2D eigenvalue weighted by Crippen LogP contribution is -2.08. The summed E-state index contributed by atoms with van der Waals surface area (Å²) in [5.41, 5.74) is 0.974. The first kappa shape index (κ1) is 11.9. The first-order chi connectivity index (χ1) is 8.15. The first-order valence-electron chi connectivity index (χ1n) is 5.13. The van der Waals surface area contributed by atoms with Gasteiger partial charge in [0.25, 0.3) is 0 Å². The second-order valence-corrected chi connectivity index (χ2v) is 4.53. The van der Waals surface area contributed by atoms with Gasteiger partial charge < -0.3 is 0 Å². The Balaban J connectivity index is 2.01. The Bertz CT molecular complexity index is 538. The molecule has 1 aromatic carbocycles. The molecule has 88 valence electrons. The summed E-state index contributed by atoms with van der Waals surface area (Å²) >= 11 is 3.41. The molecule has 5 nitrogen and oxygen atoms in total. The summed E-state index contributed by atoms with van der Waals surface area (Å²) in [4.78, 5) is 13.2. The van der Waals surface area contributed by atoms with Gasteiger partial charge >= 0.3 is 0 Å². The van der Waals surface area contributed by atoms with Crippen molar-refractivity contribution in [1.29, 1.82) is 0 Å². The molecule has 0 amide bonds. The minimum atomic E-state index is 0.0740. The summed E-state index contributed by atoms with van der Waals surface area (Å²) in [7, 11) is 1.68. The van der Waals surface area contributed by atoms with Gasteiger partial charge in [0.05, 0.1) is 13.5 Å². The third-order valence-corrected chi connectivity index (χ3v) is 3.02. The monoisotopic (exact) mass is 294 g/mol. The SMILES string of the molecule is Cn1nnc(CC(=O)Cc2ccccc2Br)n1.